The van der Waals surface area contributed by atoms with E-state index >= 15 is 0 Å². The fourth-order valence-electron chi connectivity index (χ4n) is 0.680. The minimum atomic E-state index is -0.448. The van der Waals surface area contributed by atoms with Crippen LogP contribution in [0.3, 0.4) is 0 Å². The maximum atomic E-state index is 10.6. The van der Waals surface area contributed by atoms with E-state index in [1.54, 1.807) is 24.3 Å². The van der Waals surface area contributed by atoms with E-state index in [1.807, 2.05) is 0 Å². The summed E-state index contributed by atoms with van der Waals surface area (Å²) in [7, 11) is 0. The van der Waals surface area contributed by atoms with Gasteiger partial charge in [-0.05, 0) is 18.2 Å². The molecule has 0 aromatic rings. The summed E-state index contributed by atoms with van der Waals surface area (Å²) in [6.07, 6.45) is 8.20. The number of hydrogen-bond donors (Lipinski definition) is 1. The molecule has 0 fully saturated rings. The van der Waals surface area contributed by atoms with Gasteiger partial charge in [-0.3, -0.25) is 4.79 Å². The van der Waals surface area contributed by atoms with Crippen LogP contribution in [-0.2, 0) is 9.53 Å². The molecule has 1 heterocycles. The van der Waals surface area contributed by atoms with Crippen molar-refractivity contribution in [3.63, 3.8) is 0 Å². The van der Waals surface area contributed by atoms with Gasteiger partial charge in [0.1, 0.15) is 6.61 Å². The number of carbonyl (C=O) groups excluding carboxylic acids is 1. The Balaban J connectivity index is 2.81. The number of allylic oxidation sites excluding steroid dienone is 2. The van der Waals surface area contributed by atoms with Gasteiger partial charge in [0.2, 0.25) is 5.91 Å². The first-order valence-corrected chi connectivity index (χ1v) is 3.25. The number of nitrogens with two attached hydrogens (primary N) is 1. The molecule has 0 saturated carbocycles. The first-order chi connectivity index (χ1) is 5.30. The lowest BCUT2D eigenvalue weighted by Crippen LogP contribution is -2.12. The summed E-state index contributed by atoms with van der Waals surface area (Å²) >= 11 is 0. The molecule has 0 radical (unpaired) electrons. The van der Waals surface area contributed by atoms with Crippen molar-refractivity contribution in [3.05, 3.63) is 36.1 Å². The van der Waals surface area contributed by atoms with Gasteiger partial charge in [0, 0.05) is 5.57 Å². The van der Waals surface area contributed by atoms with Crippen molar-refractivity contribution < 1.29 is 9.53 Å². The standard InChI is InChI=1S/C8H9NO2/c9-8(10)7-3-1-2-5-11-6-4-7/h1-4,6H,5H2,(H2,9,10)/b2-1-,6-4-,7-3+. The van der Waals surface area contributed by atoms with Gasteiger partial charge in [0.25, 0.3) is 0 Å². The van der Waals surface area contributed by atoms with Gasteiger partial charge in [0.05, 0.1) is 6.26 Å². The molecule has 58 valence electrons. The van der Waals surface area contributed by atoms with Crippen LogP contribution in [0.4, 0.5) is 0 Å². The van der Waals surface area contributed by atoms with Crippen LogP contribution in [0, 0.1) is 0 Å². The third kappa shape index (κ3) is 2.29. The van der Waals surface area contributed by atoms with Gasteiger partial charge >= 0.3 is 0 Å². The van der Waals surface area contributed by atoms with Crippen LogP contribution >= 0.6 is 0 Å². The van der Waals surface area contributed by atoms with Crippen molar-refractivity contribution in [2.45, 2.75) is 0 Å². The van der Waals surface area contributed by atoms with E-state index in [9.17, 15) is 4.79 Å². The lowest BCUT2D eigenvalue weighted by atomic mass is 10.2. The van der Waals surface area contributed by atoms with Crippen molar-refractivity contribution in [1.29, 1.82) is 0 Å². The van der Waals surface area contributed by atoms with Gasteiger partial charge in [-0.25, -0.2) is 0 Å². The van der Waals surface area contributed by atoms with E-state index in [2.05, 4.69) is 0 Å². The Hall–Kier alpha value is -1.51. The first-order valence-electron chi connectivity index (χ1n) is 3.25. The maximum Gasteiger partial charge on any atom is 0.248 e. The normalized spacial score (nSPS) is 26.7. The second kappa shape index (κ2) is 3.61. The topological polar surface area (TPSA) is 52.3 Å². The van der Waals surface area contributed by atoms with Crippen LogP contribution in [0.2, 0.25) is 0 Å². The molecule has 3 heteroatoms. The third-order valence-corrected chi connectivity index (χ3v) is 1.23. The number of amides is 1. The van der Waals surface area contributed by atoms with Gasteiger partial charge in [-0.1, -0.05) is 6.08 Å². The molecule has 0 spiro atoms. The number of ether oxygens (including phenoxy) is 1. The van der Waals surface area contributed by atoms with E-state index < -0.39 is 5.91 Å². The summed E-state index contributed by atoms with van der Waals surface area (Å²) in [5, 5.41) is 0. The van der Waals surface area contributed by atoms with Crippen LogP contribution in [0.15, 0.2) is 36.1 Å². The van der Waals surface area contributed by atoms with Crippen molar-refractivity contribution >= 4 is 5.91 Å². The van der Waals surface area contributed by atoms with E-state index in [-0.39, 0.29) is 0 Å². The smallest absolute Gasteiger partial charge is 0.248 e. The summed E-state index contributed by atoms with van der Waals surface area (Å²) in [4.78, 5) is 10.6. The van der Waals surface area contributed by atoms with E-state index in [0.717, 1.165) is 0 Å². The van der Waals surface area contributed by atoms with E-state index in [4.69, 9.17) is 10.5 Å². The minimum absolute atomic E-state index is 0.445. The molecule has 2 N–H and O–H groups in total. The number of rotatable bonds is 1. The molecule has 0 aliphatic carbocycles. The Morgan fingerprint density at radius 3 is 3.18 bits per heavy atom. The largest absolute Gasteiger partial charge is 0.497 e. The average Bonchev–Trinajstić information content (AvgIpc) is 1.84. The van der Waals surface area contributed by atoms with E-state index in [1.165, 1.54) is 6.26 Å². The highest BCUT2D eigenvalue weighted by atomic mass is 16.5. The van der Waals surface area contributed by atoms with Crippen LogP contribution in [0.1, 0.15) is 0 Å². The highest BCUT2D eigenvalue weighted by Crippen LogP contribution is 1.99. The molecular weight excluding hydrogens is 142 g/mol. The van der Waals surface area contributed by atoms with E-state index in [0.29, 0.717) is 12.2 Å². The van der Waals surface area contributed by atoms with Crippen molar-refractivity contribution in [2.75, 3.05) is 6.61 Å². The molecule has 1 amide bonds. The summed E-state index contributed by atoms with van der Waals surface area (Å²) < 4.78 is 4.94. The van der Waals surface area contributed by atoms with Crippen LogP contribution in [-0.4, -0.2) is 12.5 Å². The number of carbonyl (C=O) groups is 1. The molecule has 0 unspecified atom stereocenters. The molecule has 1 aliphatic heterocycles. The highest BCUT2D eigenvalue weighted by Gasteiger charge is 1.98. The lowest BCUT2D eigenvalue weighted by Gasteiger charge is -1.98. The third-order valence-electron chi connectivity index (χ3n) is 1.23. The first kappa shape index (κ1) is 7.60. The lowest BCUT2D eigenvalue weighted by molar-refractivity contribution is -0.114. The molecule has 0 aromatic carbocycles. The highest BCUT2D eigenvalue weighted by molar-refractivity contribution is 5.95. The van der Waals surface area contributed by atoms with Gasteiger partial charge in [0.15, 0.2) is 0 Å². The van der Waals surface area contributed by atoms with Crippen molar-refractivity contribution in [3.8, 4) is 0 Å². The average molecular weight is 151 g/mol. The number of hydrogen-bond acceptors (Lipinski definition) is 2. The summed E-state index contributed by atoms with van der Waals surface area (Å²) in [5.74, 6) is -0.448. The van der Waals surface area contributed by atoms with Crippen LogP contribution in [0.25, 0.3) is 0 Å². The van der Waals surface area contributed by atoms with Gasteiger partial charge in [-0.15, -0.1) is 0 Å². The molecule has 11 heavy (non-hydrogen) atoms. The fourth-order valence-corrected chi connectivity index (χ4v) is 0.680. The minimum Gasteiger partial charge on any atom is -0.497 e. The van der Waals surface area contributed by atoms with Crippen LogP contribution in [0.5, 0.6) is 0 Å². The zero-order chi connectivity index (χ0) is 8.10. The fraction of sp³-hybridized carbons (Fsp3) is 0.125. The molecule has 0 aromatic heterocycles. The van der Waals surface area contributed by atoms with Gasteiger partial charge in [-0.2, -0.15) is 0 Å². The molecule has 3 nitrogen and oxygen atoms in total. The predicted molar refractivity (Wildman–Crippen MR) is 41.5 cm³/mol. The second-order valence-electron chi connectivity index (χ2n) is 2.05. The Bertz CT molecular complexity index is 238. The second-order valence-corrected chi connectivity index (χ2v) is 2.05. The number of primary amides is 1. The zero-order valence-corrected chi connectivity index (χ0v) is 5.99. The van der Waals surface area contributed by atoms with Crippen LogP contribution < -0.4 is 5.73 Å². The molecule has 0 bridgehead atoms. The SMILES string of the molecule is NC(=O)C1=C/C=C\CO/C=C\1. The van der Waals surface area contributed by atoms with Crippen molar-refractivity contribution in [1.82, 2.24) is 0 Å². The van der Waals surface area contributed by atoms with Crippen molar-refractivity contribution in [2.24, 2.45) is 5.73 Å². The molecular formula is C8H9NO2. The molecule has 0 atom stereocenters. The monoisotopic (exact) mass is 151 g/mol. The molecule has 1 rings (SSSR count). The Morgan fingerprint density at radius 1 is 1.64 bits per heavy atom. The molecule has 1 aliphatic rings. The zero-order valence-electron chi connectivity index (χ0n) is 5.99. The predicted octanol–water partition coefficient (Wildman–Crippen LogP) is 0.498. The summed E-state index contributed by atoms with van der Waals surface area (Å²) in [5.41, 5.74) is 5.49. The summed E-state index contributed by atoms with van der Waals surface area (Å²) in [6, 6.07) is 0. The molecule has 0 saturated heterocycles. The Labute approximate surface area is 64.8 Å². The Kier molecular flexibility index (Phi) is 2.49. The maximum absolute atomic E-state index is 10.6. The quantitative estimate of drug-likeness (QED) is 0.593. The summed E-state index contributed by atoms with van der Waals surface area (Å²) in [6.45, 7) is 0.527. The van der Waals surface area contributed by atoms with Gasteiger partial charge < -0.3 is 10.5 Å². The Morgan fingerprint density at radius 2 is 2.45 bits per heavy atom.